The Hall–Kier alpha value is -2.27. The van der Waals surface area contributed by atoms with Crippen molar-refractivity contribution in [1.82, 2.24) is 4.90 Å². The van der Waals surface area contributed by atoms with Gasteiger partial charge in [0.15, 0.2) is 0 Å². The van der Waals surface area contributed by atoms with E-state index in [0.29, 0.717) is 11.6 Å². The van der Waals surface area contributed by atoms with Crippen LogP contribution in [0, 0.1) is 6.92 Å². The summed E-state index contributed by atoms with van der Waals surface area (Å²) in [4.78, 5) is 17.4. The maximum atomic E-state index is 12.2. The van der Waals surface area contributed by atoms with E-state index in [-0.39, 0.29) is 5.91 Å². The first-order chi connectivity index (χ1) is 12.6. The Balaban J connectivity index is 1.42. The molecule has 2 aliphatic rings. The summed E-state index contributed by atoms with van der Waals surface area (Å²) in [6, 6.07) is 9.38. The standard InChI is InChI=1S/C21H27N3O2/c1-15-12-18(5-6-20(15)22-21(25)17-8-11-26-14-17)23-10-7-19(13-23)24-9-3-4-16(24)2/h5-6,8,11-12,14,16,19H,3-4,7,9-10,13H2,1-2H3,(H,22,25)/t16-,19+/m0/s1. The fraction of sp³-hybridized carbons (Fsp3) is 0.476. The molecule has 0 unspecified atom stereocenters. The van der Waals surface area contributed by atoms with E-state index in [4.69, 9.17) is 4.42 Å². The van der Waals surface area contributed by atoms with Crippen molar-refractivity contribution in [3.8, 4) is 0 Å². The van der Waals surface area contributed by atoms with E-state index in [1.54, 1.807) is 6.07 Å². The first kappa shape index (κ1) is 17.2. The lowest BCUT2D eigenvalue weighted by atomic mass is 10.1. The Morgan fingerprint density at radius 3 is 2.81 bits per heavy atom. The Labute approximate surface area is 155 Å². The van der Waals surface area contributed by atoms with Crippen LogP contribution in [0.25, 0.3) is 0 Å². The molecule has 1 aromatic carbocycles. The highest BCUT2D eigenvalue weighted by atomic mass is 16.3. The molecule has 2 aliphatic heterocycles. The average molecular weight is 353 g/mol. The van der Waals surface area contributed by atoms with Crippen molar-refractivity contribution in [2.45, 2.75) is 45.2 Å². The number of nitrogens with zero attached hydrogens (tertiary/aromatic N) is 2. The van der Waals surface area contributed by atoms with Gasteiger partial charge in [-0.1, -0.05) is 0 Å². The average Bonchev–Trinajstić information content (AvgIpc) is 3.37. The van der Waals surface area contributed by atoms with E-state index in [9.17, 15) is 4.79 Å². The lowest BCUT2D eigenvalue weighted by Gasteiger charge is -2.28. The molecule has 0 radical (unpaired) electrons. The van der Waals surface area contributed by atoms with E-state index >= 15 is 0 Å². The van der Waals surface area contributed by atoms with Gasteiger partial charge in [0.25, 0.3) is 5.91 Å². The number of hydrogen-bond acceptors (Lipinski definition) is 4. The van der Waals surface area contributed by atoms with Gasteiger partial charge in [-0.2, -0.15) is 0 Å². The van der Waals surface area contributed by atoms with Crippen LogP contribution in [0.5, 0.6) is 0 Å². The molecule has 2 aromatic rings. The summed E-state index contributed by atoms with van der Waals surface area (Å²) in [5, 5.41) is 2.96. The molecule has 5 nitrogen and oxygen atoms in total. The van der Waals surface area contributed by atoms with E-state index < -0.39 is 0 Å². The largest absolute Gasteiger partial charge is 0.472 e. The summed E-state index contributed by atoms with van der Waals surface area (Å²) in [5.41, 5.74) is 3.72. The SMILES string of the molecule is Cc1cc(N2CC[C@@H](N3CCC[C@@H]3C)C2)ccc1NC(=O)c1ccoc1. The van der Waals surface area contributed by atoms with Crippen molar-refractivity contribution < 1.29 is 9.21 Å². The number of hydrogen-bond donors (Lipinski definition) is 1. The van der Waals surface area contributed by atoms with Crippen LogP contribution in [0.2, 0.25) is 0 Å². The first-order valence-corrected chi connectivity index (χ1v) is 9.57. The minimum absolute atomic E-state index is 0.140. The van der Waals surface area contributed by atoms with Crippen molar-refractivity contribution in [2.75, 3.05) is 29.9 Å². The lowest BCUT2D eigenvalue weighted by Crippen LogP contribution is -2.39. The maximum Gasteiger partial charge on any atom is 0.258 e. The third-order valence-corrected chi connectivity index (χ3v) is 5.84. The van der Waals surface area contributed by atoms with Crippen LogP contribution in [0.4, 0.5) is 11.4 Å². The van der Waals surface area contributed by atoms with Crippen molar-refractivity contribution >= 4 is 17.3 Å². The maximum absolute atomic E-state index is 12.2. The third kappa shape index (κ3) is 3.36. The fourth-order valence-corrected chi connectivity index (χ4v) is 4.32. The van der Waals surface area contributed by atoms with Crippen molar-refractivity contribution in [3.63, 3.8) is 0 Å². The predicted molar refractivity (Wildman–Crippen MR) is 104 cm³/mol. The van der Waals surface area contributed by atoms with Crippen LogP contribution in [-0.2, 0) is 0 Å². The Kier molecular flexibility index (Phi) is 4.72. The van der Waals surface area contributed by atoms with E-state index in [0.717, 1.165) is 30.4 Å². The number of rotatable bonds is 4. The second-order valence-corrected chi connectivity index (χ2v) is 7.58. The molecule has 138 valence electrons. The molecule has 2 saturated heterocycles. The number of likely N-dealkylation sites (tertiary alicyclic amines) is 1. The van der Waals surface area contributed by atoms with Crippen LogP contribution >= 0.6 is 0 Å². The zero-order valence-electron chi connectivity index (χ0n) is 15.6. The van der Waals surface area contributed by atoms with Gasteiger partial charge in [0.05, 0.1) is 11.8 Å². The van der Waals surface area contributed by atoms with Gasteiger partial charge in [-0.05, 0) is 69.5 Å². The van der Waals surface area contributed by atoms with Crippen molar-refractivity contribution in [3.05, 3.63) is 47.9 Å². The van der Waals surface area contributed by atoms with Crippen LogP contribution in [0.15, 0.2) is 41.2 Å². The molecule has 0 spiro atoms. The molecule has 2 fully saturated rings. The molecule has 0 saturated carbocycles. The molecule has 1 N–H and O–H groups in total. The highest BCUT2D eigenvalue weighted by Gasteiger charge is 2.32. The van der Waals surface area contributed by atoms with Crippen LogP contribution in [0.3, 0.4) is 0 Å². The molecule has 26 heavy (non-hydrogen) atoms. The van der Waals surface area contributed by atoms with Crippen LogP contribution in [0.1, 0.15) is 42.1 Å². The molecular weight excluding hydrogens is 326 g/mol. The highest BCUT2D eigenvalue weighted by molar-refractivity contribution is 6.04. The third-order valence-electron chi connectivity index (χ3n) is 5.84. The zero-order valence-corrected chi connectivity index (χ0v) is 15.6. The number of carbonyl (C=O) groups is 1. The van der Waals surface area contributed by atoms with Crippen LogP contribution in [-0.4, -0.2) is 42.5 Å². The number of benzene rings is 1. The quantitative estimate of drug-likeness (QED) is 0.905. The van der Waals surface area contributed by atoms with Gasteiger partial charge in [0.2, 0.25) is 0 Å². The van der Waals surface area contributed by atoms with Gasteiger partial charge < -0.3 is 14.6 Å². The topological polar surface area (TPSA) is 48.7 Å². The van der Waals surface area contributed by atoms with Crippen LogP contribution < -0.4 is 10.2 Å². The summed E-state index contributed by atoms with van der Waals surface area (Å²) >= 11 is 0. The molecular formula is C21H27N3O2. The molecule has 0 aliphatic carbocycles. The summed E-state index contributed by atoms with van der Waals surface area (Å²) < 4.78 is 4.98. The summed E-state index contributed by atoms with van der Waals surface area (Å²) in [7, 11) is 0. The zero-order chi connectivity index (χ0) is 18.1. The number of furan rings is 1. The first-order valence-electron chi connectivity index (χ1n) is 9.57. The summed E-state index contributed by atoms with van der Waals surface area (Å²) in [6.45, 7) is 7.86. The fourth-order valence-electron chi connectivity index (χ4n) is 4.32. The molecule has 3 heterocycles. The van der Waals surface area contributed by atoms with Gasteiger partial charge in [-0.25, -0.2) is 0 Å². The summed E-state index contributed by atoms with van der Waals surface area (Å²) in [6.07, 6.45) is 6.88. The minimum Gasteiger partial charge on any atom is -0.472 e. The van der Waals surface area contributed by atoms with Gasteiger partial charge in [0.1, 0.15) is 6.26 Å². The molecule has 5 heteroatoms. The predicted octanol–water partition coefficient (Wildman–Crippen LogP) is 3.90. The number of anilines is 2. The van der Waals surface area contributed by atoms with Gasteiger partial charge in [-0.3, -0.25) is 9.69 Å². The molecule has 1 aromatic heterocycles. The van der Waals surface area contributed by atoms with E-state index in [1.165, 1.54) is 44.0 Å². The number of aryl methyl sites for hydroxylation is 1. The highest BCUT2D eigenvalue weighted by Crippen LogP contribution is 2.30. The minimum atomic E-state index is -0.140. The smallest absolute Gasteiger partial charge is 0.258 e. The number of carbonyl (C=O) groups excluding carboxylic acids is 1. The lowest BCUT2D eigenvalue weighted by molar-refractivity contribution is 0.102. The second-order valence-electron chi connectivity index (χ2n) is 7.58. The molecule has 1 amide bonds. The number of nitrogens with one attached hydrogen (secondary N) is 1. The van der Waals surface area contributed by atoms with Gasteiger partial charge >= 0.3 is 0 Å². The van der Waals surface area contributed by atoms with E-state index in [1.807, 2.05) is 13.0 Å². The second kappa shape index (κ2) is 7.16. The number of amides is 1. The Bertz CT molecular complexity index is 772. The van der Waals surface area contributed by atoms with Crippen molar-refractivity contribution in [2.24, 2.45) is 0 Å². The Morgan fingerprint density at radius 1 is 1.23 bits per heavy atom. The molecule has 4 rings (SSSR count). The van der Waals surface area contributed by atoms with Gasteiger partial charge in [-0.15, -0.1) is 0 Å². The monoisotopic (exact) mass is 353 g/mol. The van der Waals surface area contributed by atoms with Gasteiger partial charge in [0, 0.05) is 36.5 Å². The normalized spacial score (nSPS) is 23.5. The van der Waals surface area contributed by atoms with E-state index in [2.05, 4.69) is 34.2 Å². The molecule has 0 bridgehead atoms. The summed E-state index contributed by atoms with van der Waals surface area (Å²) in [5.74, 6) is -0.140. The van der Waals surface area contributed by atoms with Crippen molar-refractivity contribution in [1.29, 1.82) is 0 Å². The Morgan fingerprint density at radius 2 is 2.12 bits per heavy atom. The molecule has 2 atom stereocenters.